The zero-order valence-corrected chi connectivity index (χ0v) is 9.74. The molecule has 15 heavy (non-hydrogen) atoms. The first-order chi connectivity index (χ1) is 7.36. The first-order valence-corrected chi connectivity index (χ1v) is 6.02. The Kier molecular flexibility index (Phi) is 3.41. The summed E-state index contributed by atoms with van der Waals surface area (Å²) in [6.07, 6.45) is 8.05. The van der Waals surface area contributed by atoms with E-state index >= 15 is 0 Å². The van der Waals surface area contributed by atoms with Crippen molar-refractivity contribution in [3.05, 3.63) is 18.2 Å². The molecule has 1 N–H and O–H groups in total. The van der Waals surface area contributed by atoms with Crippen molar-refractivity contribution in [1.82, 2.24) is 14.9 Å². The SMILES string of the molecule is CCn1ccnc1C1CCCC1CNC. The molecular formula is C12H21N3. The highest BCUT2D eigenvalue weighted by molar-refractivity contribution is 5.05. The highest BCUT2D eigenvalue weighted by Gasteiger charge is 2.30. The smallest absolute Gasteiger partial charge is 0.112 e. The lowest BCUT2D eigenvalue weighted by atomic mass is 9.95. The Hall–Kier alpha value is -0.830. The van der Waals surface area contributed by atoms with Gasteiger partial charge in [0.15, 0.2) is 0 Å². The number of aromatic nitrogens is 2. The Balaban J connectivity index is 2.15. The molecule has 0 radical (unpaired) electrons. The molecule has 0 aliphatic heterocycles. The van der Waals surface area contributed by atoms with Gasteiger partial charge in [-0.05, 0) is 39.3 Å². The highest BCUT2D eigenvalue weighted by atomic mass is 15.1. The standard InChI is InChI=1S/C12H21N3/c1-3-15-8-7-14-12(15)11-6-4-5-10(11)9-13-2/h7-8,10-11,13H,3-6,9H2,1-2H3. The van der Waals surface area contributed by atoms with Crippen LogP contribution in [0.3, 0.4) is 0 Å². The minimum atomic E-state index is 0.674. The van der Waals surface area contributed by atoms with Crippen LogP contribution in [0, 0.1) is 5.92 Å². The average Bonchev–Trinajstić information content (AvgIpc) is 2.84. The van der Waals surface area contributed by atoms with Gasteiger partial charge in [-0.2, -0.15) is 0 Å². The monoisotopic (exact) mass is 207 g/mol. The van der Waals surface area contributed by atoms with Crippen LogP contribution in [0.2, 0.25) is 0 Å². The molecule has 1 aliphatic carbocycles. The number of nitrogens with zero attached hydrogens (tertiary/aromatic N) is 2. The van der Waals surface area contributed by atoms with Gasteiger partial charge in [0.05, 0.1) is 0 Å². The van der Waals surface area contributed by atoms with Gasteiger partial charge >= 0.3 is 0 Å². The summed E-state index contributed by atoms with van der Waals surface area (Å²) in [6, 6.07) is 0. The van der Waals surface area contributed by atoms with Gasteiger partial charge in [-0.15, -0.1) is 0 Å². The van der Waals surface area contributed by atoms with Crippen molar-refractivity contribution in [1.29, 1.82) is 0 Å². The van der Waals surface area contributed by atoms with Crippen LogP contribution >= 0.6 is 0 Å². The van der Waals surface area contributed by atoms with Crippen LogP contribution in [0.4, 0.5) is 0 Å². The van der Waals surface area contributed by atoms with Gasteiger partial charge in [-0.1, -0.05) is 6.42 Å². The van der Waals surface area contributed by atoms with E-state index < -0.39 is 0 Å². The first-order valence-electron chi connectivity index (χ1n) is 6.02. The van der Waals surface area contributed by atoms with Crippen LogP contribution in [0.25, 0.3) is 0 Å². The minimum Gasteiger partial charge on any atom is -0.335 e. The van der Waals surface area contributed by atoms with E-state index in [4.69, 9.17) is 0 Å². The second-order valence-electron chi connectivity index (χ2n) is 4.43. The summed E-state index contributed by atoms with van der Waals surface area (Å²) in [4.78, 5) is 4.54. The maximum atomic E-state index is 4.54. The molecule has 3 nitrogen and oxygen atoms in total. The van der Waals surface area contributed by atoms with Crippen molar-refractivity contribution < 1.29 is 0 Å². The van der Waals surface area contributed by atoms with Crippen LogP contribution in [0.1, 0.15) is 37.9 Å². The minimum absolute atomic E-state index is 0.674. The predicted octanol–water partition coefficient (Wildman–Crippen LogP) is 2.01. The normalized spacial score (nSPS) is 26.0. The van der Waals surface area contributed by atoms with Crippen molar-refractivity contribution in [3.63, 3.8) is 0 Å². The van der Waals surface area contributed by atoms with Crippen LogP contribution < -0.4 is 5.32 Å². The lowest BCUT2D eigenvalue weighted by Crippen LogP contribution is -2.22. The van der Waals surface area contributed by atoms with E-state index in [1.165, 1.54) is 25.1 Å². The summed E-state index contributed by atoms with van der Waals surface area (Å²) in [5.41, 5.74) is 0. The van der Waals surface area contributed by atoms with Crippen molar-refractivity contribution in [2.45, 2.75) is 38.6 Å². The van der Waals surface area contributed by atoms with Crippen molar-refractivity contribution in [2.75, 3.05) is 13.6 Å². The van der Waals surface area contributed by atoms with Crippen molar-refractivity contribution >= 4 is 0 Å². The Morgan fingerprint density at radius 2 is 2.40 bits per heavy atom. The Labute approximate surface area is 91.9 Å². The third-order valence-electron chi connectivity index (χ3n) is 3.55. The molecule has 2 rings (SSSR count). The number of hydrogen-bond acceptors (Lipinski definition) is 2. The van der Waals surface area contributed by atoms with E-state index in [1.54, 1.807) is 0 Å². The summed E-state index contributed by atoms with van der Waals surface area (Å²) in [6.45, 7) is 4.35. The molecule has 84 valence electrons. The van der Waals surface area contributed by atoms with E-state index in [1.807, 2.05) is 13.2 Å². The molecule has 0 amide bonds. The molecule has 1 aromatic rings. The molecule has 3 heteroatoms. The summed E-state index contributed by atoms with van der Waals surface area (Å²) in [5, 5.41) is 3.30. The first kappa shape index (κ1) is 10.7. The topological polar surface area (TPSA) is 29.9 Å². The zero-order chi connectivity index (χ0) is 10.7. The third kappa shape index (κ3) is 2.07. The Morgan fingerprint density at radius 1 is 1.53 bits per heavy atom. The Bertz CT molecular complexity index is 306. The fourth-order valence-electron chi connectivity index (χ4n) is 2.80. The Morgan fingerprint density at radius 3 is 3.13 bits per heavy atom. The number of nitrogens with one attached hydrogen (secondary N) is 1. The van der Waals surface area contributed by atoms with Crippen LogP contribution in [0.5, 0.6) is 0 Å². The van der Waals surface area contributed by atoms with E-state index in [0.717, 1.165) is 19.0 Å². The van der Waals surface area contributed by atoms with Gasteiger partial charge in [-0.25, -0.2) is 4.98 Å². The van der Waals surface area contributed by atoms with Gasteiger partial charge in [0.2, 0.25) is 0 Å². The molecule has 1 saturated carbocycles. The molecule has 1 fully saturated rings. The molecule has 0 saturated heterocycles. The lowest BCUT2D eigenvalue weighted by Gasteiger charge is -2.19. The van der Waals surface area contributed by atoms with Gasteiger partial charge < -0.3 is 9.88 Å². The molecule has 1 aliphatic rings. The average molecular weight is 207 g/mol. The van der Waals surface area contributed by atoms with E-state index in [0.29, 0.717) is 5.92 Å². The molecular weight excluding hydrogens is 186 g/mol. The fraction of sp³-hybridized carbons (Fsp3) is 0.750. The van der Waals surface area contributed by atoms with Gasteiger partial charge in [0.1, 0.15) is 5.82 Å². The van der Waals surface area contributed by atoms with Gasteiger partial charge in [0.25, 0.3) is 0 Å². The quantitative estimate of drug-likeness (QED) is 0.818. The molecule has 0 bridgehead atoms. The van der Waals surface area contributed by atoms with Crippen LogP contribution in [0.15, 0.2) is 12.4 Å². The number of rotatable bonds is 4. The predicted molar refractivity (Wildman–Crippen MR) is 61.9 cm³/mol. The van der Waals surface area contributed by atoms with Crippen molar-refractivity contribution in [3.8, 4) is 0 Å². The zero-order valence-electron chi connectivity index (χ0n) is 9.74. The summed E-state index contributed by atoms with van der Waals surface area (Å²) >= 11 is 0. The van der Waals surface area contributed by atoms with Crippen molar-refractivity contribution in [2.24, 2.45) is 5.92 Å². The van der Waals surface area contributed by atoms with Crippen LogP contribution in [-0.4, -0.2) is 23.1 Å². The molecule has 0 spiro atoms. The highest BCUT2D eigenvalue weighted by Crippen LogP contribution is 2.38. The number of imidazole rings is 1. The number of aryl methyl sites for hydroxylation is 1. The summed E-state index contributed by atoms with van der Waals surface area (Å²) < 4.78 is 2.29. The fourth-order valence-corrected chi connectivity index (χ4v) is 2.80. The second-order valence-corrected chi connectivity index (χ2v) is 4.43. The largest absolute Gasteiger partial charge is 0.335 e. The van der Waals surface area contributed by atoms with Crippen LogP contribution in [-0.2, 0) is 6.54 Å². The molecule has 2 atom stereocenters. The van der Waals surface area contributed by atoms with E-state index in [9.17, 15) is 0 Å². The summed E-state index contributed by atoms with van der Waals surface area (Å²) in [7, 11) is 2.04. The molecule has 0 aromatic carbocycles. The van der Waals surface area contributed by atoms with E-state index in [2.05, 4.69) is 28.0 Å². The van der Waals surface area contributed by atoms with Gasteiger partial charge in [0, 0.05) is 24.9 Å². The molecule has 2 unspecified atom stereocenters. The maximum absolute atomic E-state index is 4.54. The van der Waals surface area contributed by atoms with E-state index in [-0.39, 0.29) is 0 Å². The third-order valence-corrected chi connectivity index (χ3v) is 3.55. The maximum Gasteiger partial charge on any atom is 0.112 e. The summed E-state index contributed by atoms with van der Waals surface area (Å²) in [5.74, 6) is 2.75. The lowest BCUT2D eigenvalue weighted by molar-refractivity contribution is 0.435. The second kappa shape index (κ2) is 4.79. The van der Waals surface area contributed by atoms with Gasteiger partial charge in [-0.3, -0.25) is 0 Å². The molecule has 1 aromatic heterocycles. The number of hydrogen-bond donors (Lipinski definition) is 1. The molecule has 1 heterocycles.